The molecule has 0 bridgehead atoms. The van der Waals surface area contributed by atoms with Gasteiger partial charge in [-0.15, -0.1) is 12.4 Å². The van der Waals surface area contributed by atoms with Gasteiger partial charge in [0.2, 0.25) is 0 Å². The Hall–Kier alpha value is -0.580. The Morgan fingerprint density at radius 2 is 2.35 bits per heavy atom. The molecule has 1 atom stereocenters. The molecule has 2 heterocycles. The quantitative estimate of drug-likeness (QED) is 0.859. The van der Waals surface area contributed by atoms with E-state index in [0.29, 0.717) is 23.8 Å². The molecule has 1 aliphatic heterocycles. The molecule has 0 spiro atoms. The average Bonchev–Trinajstić information content (AvgIpc) is 2.30. The molecule has 2 rings (SSSR count). The molecule has 0 amide bonds. The van der Waals surface area contributed by atoms with Gasteiger partial charge in [-0.1, -0.05) is 18.0 Å². The van der Waals surface area contributed by atoms with Gasteiger partial charge in [-0.25, -0.2) is 4.98 Å². The SMILES string of the molecule is Cl.Clc1ccnc(OCCC2CCCCN2)n1. The number of hydrogen-bond acceptors (Lipinski definition) is 4. The summed E-state index contributed by atoms with van der Waals surface area (Å²) < 4.78 is 5.44. The number of nitrogens with zero attached hydrogens (tertiary/aromatic N) is 2. The van der Waals surface area contributed by atoms with Crippen LogP contribution < -0.4 is 10.1 Å². The van der Waals surface area contributed by atoms with Crippen molar-refractivity contribution in [1.82, 2.24) is 15.3 Å². The molecule has 0 radical (unpaired) electrons. The molecule has 1 N–H and O–H groups in total. The van der Waals surface area contributed by atoms with Gasteiger partial charge in [0.1, 0.15) is 5.15 Å². The van der Waals surface area contributed by atoms with Crippen LogP contribution in [0.5, 0.6) is 6.01 Å². The Balaban J connectivity index is 0.00000144. The van der Waals surface area contributed by atoms with Crippen molar-refractivity contribution in [3.63, 3.8) is 0 Å². The molecule has 4 nitrogen and oxygen atoms in total. The summed E-state index contributed by atoms with van der Waals surface area (Å²) in [5, 5.41) is 3.89. The van der Waals surface area contributed by atoms with Crippen LogP contribution in [0.4, 0.5) is 0 Å². The highest BCUT2D eigenvalue weighted by molar-refractivity contribution is 6.29. The summed E-state index contributed by atoms with van der Waals surface area (Å²) in [6.07, 6.45) is 6.43. The van der Waals surface area contributed by atoms with Crippen LogP contribution in [0.1, 0.15) is 25.7 Å². The molecule has 0 aromatic carbocycles. The van der Waals surface area contributed by atoms with E-state index in [9.17, 15) is 0 Å². The van der Waals surface area contributed by atoms with Gasteiger partial charge < -0.3 is 10.1 Å². The minimum atomic E-state index is 0. The molecule has 1 aromatic rings. The molecule has 0 aliphatic carbocycles. The molecule has 0 saturated carbocycles. The van der Waals surface area contributed by atoms with Crippen molar-refractivity contribution < 1.29 is 4.74 Å². The second kappa shape index (κ2) is 7.69. The maximum Gasteiger partial charge on any atom is 0.317 e. The topological polar surface area (TPSA) is 47.0 Å². The third kappa shape index (κ3) is 5.06. The van der Waals surface area contributed by atoms with Gasteiger partial charge in [0.05, 0.1) is 6.61 Å². The van der Waals surface area contributed by atoms with E-state index in [1.54, 1.807) is 12.3 Å². The molecule has 6 heteroatoms. The number of nitrogens with one attached hydrogen (secondary N) is 1. The van der Waals surface area contributed by atoms with Crippen molar-refractivity contribution in [2.24, 2.45) is 0 Å². The fourth-order valence-corrected chi connectivity index (χ4v) is 1.98. The van der Waals surface area contributed by atoms with Gasteiger partial charge in [0.15, 0.2) is 0 Å². The summed E-state index contributed by atoms with van der Waals surface area (Å²) in [6, 6.07) is 2.58. The van der Waals surface area contributed by atoms with Crippen molar-refractivity contribution in [1.29, 1.82) is 0 Å². The van der Waals surface area contributed by atoms with E-state index in [1.807, 2.05) is 0 Å². The number of aromatic nitrogens is 2. The van der Waals surface area contributed by atoms with E-state index in [0.717, 1.165) is 13.0 Å². The van der Waals surface area contributed by atoms with E-state index < -0.39 is 0 Å². The predicted molar refractivity (Wildman–Crippen MR) is 70.0 cm³/mol. The molecule has 96 valence electrons. The standard InChI is InChI=1S/C11H16ClN3O.ClH/c12-10-4-7-14-11(15-10)16-8-5-9-3-1-2-6-13-9;/h4,7,9,13H,1-3,5-6,8H2;1H. The number of piperidine rings is 1. The number of hydrogen-bond donors (Lipinski definition) is 1. The summed E-state index contributed by atoms with van der Waals surface area (Å²) >= 11 is 5.73. The monoisotopic (exact) mass is 277 g/mol. The Kier molecular flexibility index (Phi) is 6.55. The lowest BCUT2D eigenvalue weighted by molar-refractivity contribution is 0.252. The van der Waals surface area contributed by atoms with Gasteiger partial charge in [-0.2, -0.15) is 4.98 Å². The Morgan fingerprint density at radius 1 is 1.47 bits per heavy atom. The van der Waals surface area contributed by atoms with Crippen LogP contribution in [-0.2, 0) is 0 Å². The highest BCUT2D eigenvalue weighted by Crippen LogP contribution is 2.11. The van der Waals surface area contributed by atoms with Gasteiger partial charge in [-0.3, -0.25) is 0 Å². The van der Waals surface area contributed by atoms with E-state index in [4.69, 9.17) is 16.3 Å². The van der Waals surface area contributed by atoms with Crippen LogP contribution >= 0.6 is 24.0 Å². The van der Waals surface area contributed by atoms with Gasteiger partial charge >= 0.3 is 6.01 Å². The first-order valence-electron chi connectivity index (χ1n) is 5.69. The highest BCUT2D eigenvalue weighted by atomic mass is 35.5. The van der Waals surface area contributed by atoms with Crippen molar-refractivity contribution in [3.8, 4) is 6.01 Å². The number of ether oxygens (including phenoxy) is 1. The van der Waals surface area contributed by atoms with Crippen molar-refractivity contribution in [2.75, 3.05) is 13.2 Å². The summed E-state index contributed by atoms with van der Waals surface area (Å²) in [7, 11) is 0. The normalized spacial score (nSPS) is 19.5. The summed E-state index contributed by atoms with van der Waals surface area (Å²) in [4.78, 5) is 7.95. The molecule has 17 heavy (non-hydrogen) atoms. The largest absolute Gasteiger partial charge is 0.463 e. The van der Waals surface area contributed by atoms with Crippen molar-refractivity contribution in [2.45, 2.75) is 31.7 Å². The van der Waals surface area contributed by atoms with Crippen LogP contribution in [0.3, 0.4) is 0 Å². The minimum absolute atomic E-state index is 0. The van der Waals surface area contributed by atoms with Crippen LogP contribution in [0.15, 0.2) is 12.3 Å². The second-order valence-corrected chi connectivity index (χ2v) is 4.33. The molecule has 1 aliphatic rings. The lowest BCUT2D eigenvalue weighted by Gasteiger charge is -2.22. The first-order chi connectivity index (χ1) is 7.84. The Morgan fingerprint density at radius 3 is 3.06 bits per heavy atom. The van der Waals surface area contributed by atoms with Gasteiger partial charge in [0.25, 0.3) is 0 Å². The zero-order valence-corrected chi connectivity index (χ0v) is 11.1. The van der Waals surface area contributed by atoms with E-state index in [2.05, 4.69) is 15.3 Å². The smallest absolute Gasteiger partial charge is 0.317 e. The first-order valence-corrected chi connectivity index (χ1v) is 6.07. The summed E-state index contributed by atoms with van der Waals surface area (Å²) in [5.74, 6) is 0. The van der Waals surface area contributed by atoms with Crippen LogP contribution in [-0.4, -0.2) is 29.2 Å². The molecule has 1 aromatic heterocycles. The van der Waals surface area contributed by atoms with Crippen LogP contribution in [0.25, 0.3) is 0 Å². The Bertz CT molecular complexity index is 332. The highest BCUT2D eigenvalue weighted by Gasteiger charge is 2.12. The van der Waals surface area contributed by atoms with Crippen LogP contribution in [0.2, 0.25) is 5.15 Å². The van der Waals surface area contributed by atoms with Gasteiger partial charge in [0, 0.05) is 12.2 Å². The molecular weight excluding hydrogens is 261 g/mol. The predicted octanol–water partition coefficient (Wildman–Crippen LogP) is 2.46. The van der Waals surface area contributed by atoms with Crippen molar-refractivity contribution >= 4 is 24.0 Å². The fourth-order valence-electron chi connectivity index (χ4n) is 1.85. The minimum Gasteiger partial charge on any atom is -0.463 e. The van der Waals surface area contributed by atoms with Crippen LogP contribution in [0, 0.1) is 0 Å². The molecule has 1 saturated heterocycles. The maximum atomic E-state index is 5.73. The molecular formula is C11H17Cl2N3O. The lowest BCUT2D eigenvalue weighted by atomic mass is 10.0. The Labute approximate surface area is 113 Å². The third-order valence-electron chi connectivity index (χ3n) is 2.71. The summed E-state index contributed by atoms with van der Waals surface area (Å²) in [5.41, 5.74) is 0. The first kappa shape index (κ1) is 14.5. The fraction of sp³-hybridized carbons (Fsp3) is 0.636. The van der Waals surface area contributed by atoms with E-state index >= 15 is 0 Å². The molecule has 1 fully saturated rings. The zero-order chi connectivity index (χ0) is 11.2. The lowest BCUT2D eigenvalue weighted by Crippen LogP contribution is -2.35. The average molecular weight is 278 g/mol. The number of rotatable bonds is 4. The maximum absolute atomic E-state index is 5.73. The van der Waals surface area contributed by atoms with Crippen molar-refractivity contribution in [3.05, 3.63) is 17.4 Å². The number of halogens is 2. The van der Waals surface area contributed by atoms with E-state index in [-0.39, 0.29) is 12.4 Å². The molecule has 1 unspecified atom stereocenters. The van der Waals surface area contributed by atoms with Gasteiger partial charge in [-0.05, 0) is 31.9 Å². The zero-order valence-electron chi connectivity index (χ0n) is 9.56. The second-order valence-electron chi connectivity index (χ2n) is 3.95. The third-order valence-corrected chi connectivity index (χ3v) is 2.92. The van der Waals surface area contributed by atoms with E-state index in [1.165, 1.54) is 19.3 Å². The summed E-state index contributed by atoms with van der Waals surface area (Å²) in [6.45, 7) is 1.76.